The average molecular weight is 364 g/mol. The third kappa shape index (κ3) is 5.05. The molecule has 0 spiro atoms. The van der Waals surface area contributed by atoms with Gasteiger partial charge in [0.2, 0.25) is 10.0 Å². The van der Waals surface area contributed by atoms with E-state index in [4.69, 9.17) is 5.73 Å². The van der Waals surface area contributed by atoms with Gasteiger partial charge in [-0.05, 0) is 53.6 Å². The Morgan fingerprint density at radius 2 is 1.95 bits per heavy atom. The van der Waals surface area contributed by atoms with E-state index in [2.05, 4.69) is 20.7 Å². The number of anilines is 1. The van der Waals surface area contributed by atoms with Crippen molar-refractivity contribution in [1.82, 2.24) is 9.62 Å². The van der Waals surface area contributed by atoms with E-state index in [1.54, 1.807) is 12.1 Å². The highest BCUT2D eigenvalue weighted by atomic mass is 79.9. The fourth-order valence-electron chi connectivity index (χ4n) is 2.01. The van der Waals surface area contributed by atoms with Crippen molar-refractivity contribution in [2.24, 2.45) is 5.41 Å². The van der Waals surface area contributed by atoms with Crippen molar-refractivity contribution >= 4 is 31.6 Å². The van der Waals surface area contributed by atoms with Gasteiger partial charge in [-0.2, -0.15) is 0 Å². The standard InChI is InChI=1S/C13H22BrN3O2S/c1-13(2,9-17(3)4)8-16-20(18,19)12-7-10(15)5-6-11(12)14/h5-7,16H,8-9,15H2,1-4H3. The van der Waals surface area contributed by atoms with Gasteiger partial charge in [-0.1, -0.05) is 13.8 Å². The minimum atomic E-state index is -3.58. The van der Waals surface area contributed by atoms with Gasteiger partial charge < -0.3 is 10.6 Å². The van der Waals surface area contributed by atoms with Gasteiger partial charge in [0.15, 0.2) is 0 Å². The Bertz CT molecular complexity index is 571. The molecule has 3 N–H and O–H groups in total. The van der Waals surface area contributed by atoms with Crippen LogP contribution in [0.2, 0.25) is 0 Å². The second-order valence-electron chi connectivity index (χ2n) is 5.92. The first kappa shape index (κ1) is 17.4. The molecule has 1 rings (SSSR count). The maximum absolute atomic E-state index is 12.3. The molecular formula is C13H22BrN3O2S. The van der Waals surface area contributed by atoms with Gasteiger partial charge in [0.05, 0.1) is 4.90 Å². The van der Waals surface area contributed by atoms with Gasteiger partial charge in [-0.15, -0.1) is 0 Å². The van der Waals surface area contributed by atoms with E-state index in [-0.39, 0.29) is 10.3 Å². The normalized spacial score (nSPS) is 12.9. The van der Waals surface area contributed by atoms with Crippen molar-refractivity contribution in [3.63, 3.8) is 0 Å². The Kier molecular flexibility index (Phi) is 5.60. The van der Waals surface area contributed by atoms with E-state index in [1.165, 1.54) is 6.07 Å². The Hall–Kier alpha value is -0.630. The maximum atomic E-state index is 12.3. The molecule has 5 nitrogen and oxygen atoms in total. The molecule has 0 aliphatic rings. The molecule has 0 aliphatic heterocycles. The van der Waals surface area contributed by atoms with E-state index >= 15 is 0 Å². The lowest BCUT2D eigenvalue weighted by atomic mass is 9.93. The molecule has 7 heteroatoms. The molecule has 1 aromatic carbocycles. The van der Waals surface area contributed by atoms with Gasteiger partial charge >= 0.3 is 0 Å². The molecule has 0 aromatic heterocycles. The number of nitrogen functional groups attached to an aromatic ring is 1. The van der Waals surface area contributed by atoms with Crippen molar-refractivity contribution in [3.05, 3.63) is 22.7 Å². The lowest BCUT2D eigenvalue weighted by molar-refractivity contribution is 0.242. The number of nitrogens with one attached hydrogen (secondary N) is 1. The molecule has 0 unspecified atom stereocenters. The molecule has 0 heterocycles. The summed E-state index contributed by atoms with van der Waals surface area (Å²) in [6, 6.07) is 4.74. The molecule has 0 atom stereocenters. The van der Waals surface area contributed by atoms with Crippen LogP contribution < -0.4 is 10.5 Å². The molecule has 0 radical (unpaired) electrons. The Morgan fingerprint density at radius 1 is 1.35 bits per heavy atom. The van der Waals surface area contributed by atoms with Crippen molar-refractivity contribution in [1.29, 1.82) is 0 Å². The van der Waals surface area contributed by atoms with Crippen LogP contribution in [0.25, 0.3) is 0 Å². The minimum absolute atomic E-state index is 0.163. The zero-order valence-electron chi connectivity index (χ0n) is 12.3. The summed E-state index contributed by atoms with van der Waals surface area (Å²) in [4.78, 5) is 2.20. The van der Waals surface area contributed by atoms with Crippen molar-refractivity contribution in [2.75, 3.05) is 32.9 Å². The highest BCUT2D eigenvalue weighted by molar-refractivity contribution is 9.10. The number of hydrogen-bond donors (Lipinski definition) is 2. The predicted octanol–water partition coefficient (Wildman–Crippen LogP) is 1.90. The number of hydrogen-bond acceptors (Lipinski definition) is 4. The van der Waals surface area contributed by atoms with Crippen LogP contribution in [0.5, 0.6) is 0 Å². The van der Waals surface area contributed by atoms with Crippen LogP contribution in [0, 0.1) is 5.41 Å². The van der Waals surface area contributed by atoms with Crippen LogP contribution in [0.4, 0.5) is 5.69 Å². The first-order valence-electron chi connectivity index (χ1n) is 6.23. The van der Waals surface area contributed by atoms with Gasteiger partial charge in [0.25, 0.3) is 0 Å². The molecule has 20 heavy (non-hydrogen) atoms. The van der Waals surface area contributed by atoms with E-state index in [9.17, 15) is 8.42 Å². The monoisotopic (exact) mass is 363 g/mol. The predicted molar refractivity (Wildman–Crippen MR) is 86.1 cm³/mol. The summed E-state index contributed by atoms with van der Waals surface area (Å²) in [5.41, 5.74) is 5.91. The average Bonchev–Trinajstić information content (AvgIpc) is 2.28. The lowest BCUT2D eigenvalue weighted by Gasteiger charge is -2.28. The summed E-state index contributed by atoms with van der Waals surface area (Å²) in [6.45, 7) is 5.18. The summed E-state index contributed by atoms with van der Waals surface area (Å²) in [5.74, 6) is 0. The highest BCUT2D eigenvalue weighted by Crippen LogP contribution is 2.25. The third-order valence-corrected chi connectivity index (χ3v) is 5.12. The Balaban J connectivity index is 2.88. The van der Waals surface area contributed by atoms with Crippen LogP contribution in [-0.2, 0) is 10.0 Å². The first-order chi connectivity index (χ1) is 9.03. The molecule has 0 saturated heterocycles. The SMILES string of the molecule is CN(C)CC(C)(C)CNS(=O)(=O)c1cc(N)ccc1Br. The van der Waals surface area contributed by atoms with Gasteiger partial charge in [0.1, 0.15) is 0 Å². The molecule has 0 bridgehead atoms. The second-order valence-corrected chi connectivity index (χ2v) is 8.51. The van der Waals surface area contributed by atoms with Gasteiger partial charge in [-0.25, -0.2) is 13.1 Å². The topological polar surface area (TPSA) is 75.4 Å². The summed E-state index contributed by atoms with van der Waals surface area (Å²) in [6.07, 6.45) is 0. The molecular weight excluding hydrogens is 342 g/mol. The molecule has 0 fully saturated rings. The number of nitrogens with zero attached hydrogens (tertiary/aromatic N) is 1. The molecule has 114 valence electrons. The molecule has 0 amide bonds. The Morgan fingerprint density at radius 3 is 2.50 bits per heavy atom. The van der Waals surface area contributed by atoms with Crippen LogP contribution in [0.3, 0.4) is 0 Å². The van der Waals surface area contributed by atoms with Gasteiger partial charge in [0, 0.05) is 23.2 Å². The van der Waals surface area contributed by atoms with Crippen molar-refractivity contribution in [3.8, 4) is 0 Å². The summed E-state index contributed by atoms with van der Waals surface area (Å²) >= 11 is 3.24. The van der Waals surface area contributed by atoms with Crippen LogP contribution in [0.1, 0.15) is 13.8 Å². The first-order valence-corrected chi connectivity index (χ1v) is 8.50. The number of sulfonamides is 1. The number of rotatable bonds is 6. The van der Waals surface area contributed by atoms with E-state index in [0.29, 0.717) is 16.7 Å². The highest BCUT2D eigenvalue weighted by Gasteiger charge is 2.24. The second kappa shape index (κ2) is 6.43. The van der Waals surface area contributed by atoms with E-state index in [1.807, 2.05) is 32.8 Å². The summed E-state index contributed by atoms with van der Waals surface area (Å²) < 4.78 is 27.8. The smallest absolute Gasteiger partial charge is 0.241 e. The third-order valence-electron chi connectivity index (χ3n) is 2.73. The number of nitrogens with two attached hydrogens (primary N) is 1. The quantitative estimate of drug-likeness (QED) is 0.756. The molecule has 0 aliphatic carbocycles. The zero-order chi connectivity index (χ0) is 15.6. The van der Waals surface area contributed by atoms with Crippen molar-refractivity contribution in [2.45, 2.75) is 18.7 Å². The largest absolute Gasteiger partial charge is 0.399 e. The fourth-order valence-corrected chi connectivity index (χ4v) is 4.24. The number of halogens is 1. The van der Waals surface area contributed by atoms with Gasteiger partial charge in [-0.3, -0.25) is 0 Å². The lowest BCUT2D eigenvalue weighted by Crippen LogP contribution is -2.40. The van der Waals surface area contributed by atoms with E-state index in [0.717, 1.165) is 6.54 Å². The minimum Gasteiger partial charge on any atom is -0.399 e. The van der Waals surface area contributed by atoms with E-state index < -0.39 is 10.0 Å². The summed E-state index contributed by atoms with van der Waals surface area (Å²) in [7, 11) is 0.348. The van der Waals surface area contributed by atoms with Crippen LogP contribution in [-0.4, -0.2) is 40.5 Å². The maximum Gasteiger partial charge on any atom is 0.241 e. The number of benzene rings is 1. The summed E-state index contributed by atoms with van der Waals surface area (Å²) in [5, 5.41) is 0. The molecule has 1 aromatic rings. The van der Waals surface area contributed by atoms with Crippen LogP contribution in [0.15, 0.2) is 27.6 Å². The Labute approximate surface area is 129 Å². The fraction of sp³-hybridized carbons (Fsp3) is 0.538. The van der Waals surface area contributed by atoms with Crippen LogP contribution >= 0.6 is 15.9 Å². The zero-order valence-corrected chi connectivity index (χ0v) is 14.7. The van der Waals surface area contributed by atoms with Crippen molar-refractivity contribution < 1.29 is 8.42 Å². The molecule has 0 saturated carbocycles.